The van der Waals surface area contributed by atoms with Crippen molar-refractivity contribution in [2.24, 2.45) is 23.5 Å². The SMILES string of the molecule is CSc1ccc(C(N)C2CC(C)CC(C)C2)cc1. The van der Waals surface area contributed by atoms with Crippen molar-refractivity contribution in [3.8, 4) is 0 Å². The van der Waals surface area contributed by atoms with Crippen molar-refractivity contribution < 1.29 is 0 Å². The Hall–Kier alpha value is -0.470. The van der Waals surface area contributed by atoms with Gasteiger partial charge in [-0.05, 0) is 61.0 Å². The van der Waals surface area contributed by atoms with Crippen LogP contribution < -0.4 is 5.73 Å². The first-order valence-corrected chi connectivity index (χ1v) is 8.22. The highest BCUT2D eigenvalue weighted by atomic mass is 32.2. The predicted octanol–water partition coefficient (Wildman–Crippen LogP) is 4.48. The molecule has 100 valence electrons. The molecule has 3 atom stereocenters. The van der Waals surface area contributed by atoms with Gasteiger partial charge in [-0.3, -0.25) is 0 Å². The van der Waals surface area contributed by atoms with E-state index in [1.807, 2.05) is 0 Å². The summed E-state index contributed by atoms with van der Waals surface area (Å²) in [6, 6.07) is 9.01. The van der Waals surface area contributed by atoms with Crippen LogP contribution in [-0.2, 0) is 0 Å². The quantitative estimate of drug-likeness (QED) is 0.814. The standard InChI is InChI=1S/C16H25NS/c1-11-8-12(2)10-14(9-11)16(17)13-4-6-15(18-3)7-5-13/h4-7,11-12,14,16H,8-10,17H2,1-3H3. The Morgan fingerprint density at radius 1 is 1.06 bits per heavy atom. The van der Waals surface area contributed by atoms with Crippen LogP contribution in [0, 0.1) is 17.8 Å². The topological polar surface area (TPSA) is 26.0 Å². The first-order valence-electron chi connectivity index (χ1n) is 6.99. The molecule has 18 heavy (non-hydrogen) atoms. The van der Waals surface area contributed by atoms with Gasteiger partial charge in [-0.2, -0.15) is 0 Å². The van der Waals surface area contributed by atoms with Gasteiger partial charge in [0, 0.05) is 10.9 Å². The molecule has 1 fully saturated rings. The maximum atomic E-state index is 6.48. The second kappa shape index (κ2) is 6.12. The summed E-state index contributed by atoms with van der Waals surface area (Å²) in [6.07, 6.45) is 6.06. The van der Waals surface area contributed by atoms with Gasteiger partial charge in [-0.25, -0.2) is 0 Å². The molecule has 1 aromatic rings. The predicted molar refractivity (Wildman–Crippen MR) is 80.8 cm³/mol. The van der Waals surface area contributed by atoms with Crippen LogP contribution >= 0.6 is 11.8 Å². The highest BCUT2D eigenvalue weighted by molar-refractivity contribution is 7.98. The average Bonchev–Trinajstić information content (AvgIpc) is 2.37. The molecule has 2 rings (SSSR count). The minimum atomic E-state index is 0.214. The molecular formula is C16H25NS. The van der Waals surface area contributed by atoms with Crippen LogP contribution in [0.15, 0.2) is 29.2 Å². The van der Waals surface area contributed by atoms with Crippen molar-refractivity contribution in [2.45, 2.75) is 44.0 Å². The van der Waals surface area contributed by atoms with E-state index < -0.39 is 0 Å². The van der Waals surface area contributed by atoms with E-state index in [-0.39, 0.29) is 6.04 Å². The number of nitrogens with two attached hydrogens (primary N) is 1. The van der Waals surface area contributed by atoms with Crippen molar-refractivity contribution in [1.29, 1.82) is 0 Å². The van der Waals surface area contributed by atoms with Crippen LogP contribution in [0.25, 0.3) is 0 Å². The van der Waals surface area contributed by atoms with Gasteiger partial charge < -0.3 is 5.73 Å². The molecule has 1 aromatic carbocycles. The summed E-state index contributed by atoms with van der Waals surface area (Å²) >= 11 is 1.78. The Morgan fingerprint density at radius 2 is 1.61 bits per heavy atom. The van der Waals surface area contributed by atoms with E-state index in [0.29, 0.717) is 5.92 Å². The lowest BCUT2D eigenvalue weighted by Crippen LogP contribution is -2.29. The Labute approximate surface area is 116 Å². The summed E-state index contributed by atoms with van der Waals surface area (Å²) in [6.45, 7) is 4.73. The smallest absolute Gasteiger partial charge is 0.0323 e. The van der Waals surface area contributed by atoms with E-state index in [9.17, 15) is 0 Å². The van der Waals surface area contributed by atoms with Crippen molar-refractivity contribution in [1.82, 2.24) is 0 Å². The molecule has 1 nitrogen and oxygen atoms in total. The minimum absolute atomic E-state index is 0.214. The Balaban J connectivity index is 2.07. The number of thioether (sulfide) groups is 1. The van der Waals surface area contributed by atoms with E-state index >= 15 is 0 Å². The highest BCUT2D eigenvalue weighted by Gasteiger charge is 2.28. The van der Waals surface area contributed by atoms with Gasteiger partial charge in [0.1, 0.15) is 0 Å². The molecule has 0 aromatic heterocycles. The van der Waals surface area contributed by atoms with E-state index in [0.717, 1.165) is 11.8 Å². The van der Waals surface area contributed by atoms with Gasteiger partial charge in [0.05, 0.1) is 0 Å². The van der Waals surface area contributed by atoms with Crippen molar-refractivity contribution in [3.63, 3.8) is 0 Å². The first-order chi connectivity index (χ1) is 8.60. The molecule has 0 aliphatic heterocycles. The molecule has 0 heterocycles. The van der Waals surface area contributed by atoms with Crippen LogP contribution in [-0.4, -0.2) is 6.26 Å². The van der Waals surface area contributed by atoms with Crippen LogP contribution in [0.5, 0.6) is 0 Å². The number of benzene rings is 1. The molecule has 0 radical (unpaired) electrons. The van der Waals surface area contributed by atoms with E-state index in [1.54, 1.807) is 11.8 Å². The fourth-order valence-electron chi connectivity index (χ4n) is 3.40. The highest BCUT2D eigenvalue weighted by Crippen LogP contribution is 2.38. The lowest BCUT2D eigenvalue weighted by molar-refractivity contribution is 0.193. The second-order valence-electron chi connectivity index (χ2n) is 5.98. The molecule has 0 amide bonds. The fourth-order valence-corrected chi connectivity index (χ4v) is 3.81. The van der Waals surface area contributed by atoms with Gasteiger partial charge >= 0.3 is 0 Å². The molecule has 0 bridgehead atoms. The molecule has 2 heteroatoms. The monoisotopic (exact) mass is 263 g/mol. The van der Waals surface area contributed by atoms with Crippen LogP contribution in [0.2, 0.25) is 0 Å². The van der Waals surface area contributed by atoms with Crippen LogP contribution in [0.1, 0.15) is 44.7 Å². The van der Waals surface area contributed by atoms with E-state index in [4.69, 9.17) is 5.73 Å². The molecular weight excluding hydrogens is 238 g/mol. The number of rotatable bonds is 3. The number of hydrogen-bond donors (Lipinski definition) is 1. The van der Waals surface area contributed by atoms with E-state index in [2.05, 4.69) is 44.4 Å². The lowest BCUT2D eigenvalue weighted by Gasteiger charge is -2.35. The molecule has 0 spiro atoms. The van der Waals surface area contributed by atoms with Gasteiger partial charge in [0.15, 0.2) is 0 Å². The van der Waals surface area contributed by atoms with E-state index in [1.165, 1.54) is 29.7 Å². The molecule has 1 saturated carbocycles. The van der Waals surface area contributed by atoms with Gasteiger partial charge in [0.2, 0.25) is 0 Å². The normalized spacial score (nSPS) is 30.1. The third-order valence-corrected chi connectivity index (χ3v) is 4.97. The summed E-state index contributed by atoms with van der Waals surface area (Å²) in [4.78, 5) is 1.32. The average molecular weight is 263 g/mol. The van der Waals surface area contributed by atoms with Crippen LogP contribution in [0.3, 0.4) is 0 Å². The van der Waals surface area contributed by atoms with Crippen LogP contribution in [0.4, 0.5) is 0 Å². The van der Waals surface area contributed by atoms with Gasteiger partial charge in [-0.15, -0.1) is 11.8 Å². The van der Waals surface area contributed by atoms with Crippen molar-refractivity contribution in [2.75, 3.05) is 6.26 Å². The third-order valence-electron chi connectivity index (χ3n) is 4.22. The maximum absolute atomic E-state index is 6.48. The Kier molecular flexibility index (Phi) is 4.74. The zero-order valence-corrected chi connectivity index (χ0v) is 12.5. The molecule has 2 N–H and O–H groups in total. The zero-order chi connectivity index (χ0) is 13.1. The molecule has 0 saturated heterocycles. The Bertz CT molecular complexity index is 363. The van der Waals surface area contributed by atoms with Crippen molar-refractivity contribution in [3.05, 3.63) is 29.8 Å². The molecule has 1 aliphatic carbocycles. The largest absolute Gasteiger partial charge is 0.324 e. The van der Waals surface area contributed by atoms with Gasteiger partial charge in [-0.1, -0.05) is 26.0 Å². The number of hydrogen-bond acceptors (Lipinski definition) is 2. The summed E-state index contributed by atoms with van der Waals surface area (Å²) in [5, 5.41) is 0. The summed E-state index contributed by atoms with van der Waals surface area (Å²) < 4.78 is 0. The van der Waals surface area contributed by atoms with Gasteiger partial charge in [0.25, 0.3) is 0 Å². The summed E-state index contributed by atoms with van der Waals surface area (Å²) in [5.41, 5.74) is 7.78. The maximum Gasteiger partial charge on any atom is 0.0323 e. The third kappa shape index (κ3) is 3.30. The summed E-state index contributed by atoms with van der Waals surface area (Å²) in [5.74, 6) is 2.31. The minimum Gasteiger partial charge on any atom is -0.324 e. The second-order valence-corrected chi connectivity index (χ2v) is 6.86. The molecule has 1 aliphatic rings. The first kappa shape index (κ1) is 14.0. The zero-order valence-electron chi connectivity index (χ0n) is 11.7. The van der Waals surface area contributed by atoms with Crippen molar-refractivity contribution >= 4 is 11.8 Å². The summed E-state index contributed by atoms with van der Waals surface area (Å²) in [7, 11) is 0. The lowest BCUT2D eigenvalue weighted by atomic mass is 9.73. The molecule has 3 unspecified atom stereocenters. The Morgan fingerprint density at radius 3 is 2.11 bits per heavy atom. The fraction of sp³-hybridized carbons (Fsp3) is 0.625.